The first-order valence-corrected chi connectivity index (χ1v) is 9.26. The van der Waals surface area contributed by atoms with Crippen molar-refractivity contribution in [3.8, 4) is 0 Å². The number of amides is 1. The fourth-order valence-corrected chi connectivity index (χ4v) is 3.48. The van der Waals surface area contributed by atoms with E-state index in [1.165, 1.54) is 6.92 Å². The minimum absolute atomic E-state index is 0.132. The second-order valence-corrected chi connectivity index (χ2v) is 7.55. The normalized spacial score (nSPS) is 12.5. The van der Waals surface area contributed by atoms with Gasteiger partial charge in [0.2, 0.25) is 15.9 Å². The number of benzene rings is 2. The van der Waals surface area contributed by atoms with Crippen LogP contribution in [0.15, 0.2) is 42.5 Å². The molecule has 0 bridgehead atoms. The SMILES string of the molecule is Cc1ccc(NC(=O)[C@@H](C)N(c2ccc(F)c(F)c2)S(C)(=O)=O)cc1. The number of nitrogens with one attached hydrogen (secondary N) is 1. The van der Waals surface area contributed by atoms with Crippen molar-refractivity contribution in [1.82, 2.24) is 0 Å². The summed E-state index contributed by atoms with van der Waals surface area (Å²) in [5.74, 6) is -2.90. The fraction of sp³-hybridized carbons (Fsp3) is 0.235. The summed E-state index contributed by atoms with van der Waals surface area (Å²) in [6.45, 7) is 3.26. The number of nitrogens with zero attached hydrogens (tertiary/aromatic N) is 1. The Bertz CT molecular complexity index is 883. The number of sulfonamides is 1. The lowest BCUT2D eigenvalue weighted by molar-refractivity contribution is -0.116. The monoisotopic (exact) mass is 368 g/mol. The maximum absolute atomic E-state index is 13.5. The first kappa shape index (κ1) is 18.9. The van der Waals surface area contributed by atoms with Crippen molar-refractivity contribution < 1.29 is 22.0 Å². The molecule has 1 N–H and O–H groups in total. The maximum Gasteiger partial charge on any atom is 0.247 e. The van der Waals surface area contributed by atoms with Gasteiger partial charge in [0.1, 0.15) is 6.04 Å². The van der Waals surface area contributed by atoms with E-state index in [-0.39, 0.29) is 5.69 Å². The van der Waals surface area contributed by atoms with E-state index in [4.69, 9.17) is 0 Å². The zero-order valence-electron chi connectivity index (χ0n) is 14.0. The summed E-state index contributed by atoms with van der Waals surface area (Å²) in [6.07, 6.45) is 0.893. The van der Waals surface area contributed by atoms with E-state index in [9.17, 15) is 22.0 Å². The van der Waals surface area contributed by atoms with Crippen molar-refractivity contribution in [2.45, 2.75) is 19.9 Å². The number of rotatable bonds is 5. The first-order chi connectivity index (χ1) is 11.6. The highest BCUT2D eigenvalue weighted by Gasteiger charge is 2.29. The average Bonchev–Trinajstić information content (AvgIpc) is 2.51. The predicted molar refractivity (Wildman–Crippen MR) is 93.0 cm³/mol. The summed E-state index contributed by atoms with van der Waals surface area (Å²) in [5, 5.41) is 2.60. The van der Waals surface area contributed by atoms with Gasteiger partial charge in [-0.25, -0.2) is 17.2 Å². The highest BCUT2D eigenvalue weighted by Crippen LogP contribution is 2.23. The number of halogens is 2. The van der Waals surface area contributed by atoms with Crippen LogP contribution in [0.3, 0.4) is 0 Å². The minimum Gasteiger partial charge on any atom is -0.324 e. The molecule has 2 aromatic rings. The molecule has 0 aliphatic rings. The molecular formula is C17H18F2N2O3S. The molecule has 0 aliphatic heterocycles. The van der Waals surface area contributed by atoms with Crippen LogP contribution in [0, 0.1) is 18.6 Å². The molecule has 0 heterocycles. The Morgan fingerprint density at radius 2 is 1.68 bits per heavy atom. The quantitative estimate of drug-likeness (QED) is 0.882. The molecule has 1 amide bonds. The summed E-state index contributed by atoms with van der Waals surface area (Å²) in [6, 6.07) is 8.45. The van der Waals surface area contributed by atoms with E-state index in [2.05, 4.69) is 5.32 Å². The second-order valence-electron chi connectivity index (χ2n) is 5.69. The number of aryl methyl sites for hydroxylation is 1. The van der Waals surface area contributed by atoms with Crippen LogP contribution >= 0.6 is 0 Å². The Hall–Kier alpha value is -2.48. The van der Waals surface area contributed by atoms with Crippen molar-refractivity contribution in [1.29, 1.82) is 0 Å². The molecule has 8 heteroatoms. The van der Waals surface area contributed by atoms with Crippen LogP contribution in [0.1, 0.15) is 12.5 Å². The molecule has 1 atom stereocenters. The van der Waals surface area contributed by atoms with Gasteiger partial charge in [-0.1, -0.05) is 17.7 Å². The second kappa shape index (κ2) is 7.18. The van der Waals surface area contributed by atoms with Crippen LogP contribution in [-0.2, 0) is 14.8 Å². The molecule has 25 heavy (non-hydrogen) atoms. The smallest absolute Gasteiger partial charge is 0.247 e. The van der Waals surface area contributed by atoms with Crippen LogP contribution in [0.5, 0.6) is 0 Å². The van der Waals surface area contributed by atoms with E-state index in [1.807, 2.05) is 6.92 Å². The summed E-state index contributed by atoms with van der Waals surface area (Å²) >= 11 is 0. The minimum atomic E-state index is -3.91. The van der Waals surface area contributed by atoms with Crippen molar-refractivity contribution >= 4 is 27.3 Å². The molecule has 0 spiro atoms. The standard InChI is InChI=1S/C17H18F2N2O3S/c1-11-4-6-13(7-5-11)20-17(22)12(2)21(25(3,23)24)14-8-9-15(18)16(19)10-14/h4-10,12H,1-3H3,(H,20,22)/t12-/m1/s1. The molecule has 0 unspecified atom stereocenters. The van der Waals surface area contributed by atoms with E-state index in [0.29, 0.717) is 5.69 Å². The fourth-order valence-electron chi connectivity index (χ4n) is 2.31. The lowest BCUT2D eigenvalue weighted by Gasteiger charge is -2.28. The molecule has 134 valence electrons. The summed E-state index contributed by atoms with van der Waals surface area (Å²) < 4.78 is 51.5. The zero-order valence-corrected chi connectivity index (χ0v) is 14.8. The Morgan fingerprint density at radius 3 is 2.20 bits per heavy atom. The van der Waals surface area contributed by atoms with Crippen LogP contribution in [0.25, 0.3) is 0 Å². The third kappa shape index (κ3) is 4.54. The van der Waals surface area contributed by atoms with Crippen LogP contribution in [0.4, 0.5) is 20.2 Å². The lowest BCUT2D eigenvalue weighted by Crippen LogP contribution is -2.45. The van der Waals surface area contributed by atoms with E-state index < -0.39 is 33.6 Å². The van der Waals surface area contributed by atoms with Crippen LogP contribution in [-0.4, -0.2) is 26.6 Å². The summed E-state index contributed by atoms with van der Waals surface area (Å²) in [7, 11) is -3.91. The van der Waals surface area contributed by atoms with Gasteiger partial charge in [0.25, 0.3) is 0 Å². The lowest BCUT2D eigenvalue weighted by atomic mass is 10.2. The molecule has 0 radical (unpaired) electrons. The topological polar surface area (TPSA) is 66.5 Å². The number of carbonyl (C=O) groups is 1. The van der Waals surface area contributed by atoms with Gasteiger partial charge in [-0.3, -0.25) is 9.10 Å². The third-order valence-electron chi connectivity index (χ3n) is 3.57. The predicted octanol–water partition coefficient (Wildman–Crippen LogP) is 3.07. The number of anilines is 2. The van der Waals surface area contributed by atoms with E-state index >= 15 is 0 Å². The molecule has 0 saturated carbocycles. The molecule has 2 aromatic carbocycles. The molecule has 0 saturated heterocycles. The van der Waals surface area contributed by atoms with Crippen LogP contribution < -0.4 is 9.62 Å². The Kier molecular flexibility index (Phi) is 5.42. The highest BCUT2D eigenvalue weighted by atomic mass is 32.2. The van der Waals surface area contributed by atoms with Crippen molar-refractivity contribution in [3.05, 3.63) is 59.7 Å². The van der Waals surface area contributed by atoms with Gasteiger partial charge in [0.05, 0.1) is 11.9 Å². The van der Waals surface area contributed by atoms with Gasteiger partial charge >= 0.3 is 0 Å². The van der Waals surface area contributed by atoms with Gasteiger partial charge in [-0.2, -0.15) is 0 Å². The van der Waals surface area contributed by atoms with Gasteiger partial charge in [0.15, 0.2) is 11.6 Å². The molecule has 0 aliphatic carbocycles. The zero-order chi connectivity index (χ0) is 18.8. The first-order valence-electron chi connectivity index (χ1n) is 7.41. The molecule has 5 nitrogen and oxygen atoms in total. The average molecular weight is 368 g/mol. The van der Waals surface area contributed by atoms with Gasteiger partial charge in [-0.05, 0) is 38.1 Å². The molecule has 0 fully saturated rings. The molecule has 2 rings (SSSR count). The Balaban J connectivity index is 2.32. The number of hydrogen-bond acceptors (Lipinski definition) is 3. The number of hydrogen-bond donors (Lipinski definition) is 1. The number of carbonyl (C=O) groups excluding carboxylic acids is 1. The summed E-state index contributed by atoms with van der Waals surface area (Å²) in [4.78, 5) is 12.4. The Morgan fingerprint density at radius 1 is 1.08 bits per heavy atom. The third-order valence-corrected chi connectivity index (χ3v) is 4.81. The largest absolute Gasteiger partial charge is 0.324 e. The van der Waals surface area contributed by atoms with Crippen molar-refractivity contribution in [2.24, 2.45) is 0 Å². The maximum atomic E-state index is 13.5. The Labute approximate surface area is 145 Å². The highest BCUT2D eigenvalue weighted by molar-refractivity contribution is 7.92. The van der Waals surface area contributed by atoms with Gasteiger partial charge in [-0.15, -0.1) is 0 Å². The van der Waals surface area contributed by atoms with Crippen molar-refractivity contribution in [3.63, 3.8) is 0 Å². The molecule has 0 aromatic heterocycles. The van der Waals surface area contributed by atoms with Gasteiger partial charge < -0.3 is 5.32 Å². The van der Waals surface area contributed by atoms with Crippen molar-refractivity contribution in [2.75, 3.05) is 15.9 Å². The van der Waals surface area contributed by atoms with E-state index in [1.54, 1.807) is 24.3 Å². The molecular weight excluding hydrogens is 350 g/mol. The van der Waals surface area contributed by atoms with E-state index in [0.717, 1.165) is 34.3 Å². The summed E-state index contributed by atoms with van der Waals surface area (Å²) in [5.41, 5.74) is 1.37. The van der Waals surface area contributed by atoms with Gasteiger partial charge in [0, 0.05) is 11.8 Å². The van der Waals surface area contributed by atoms with Crippen LogP contribution in [0.2, 0.25) is 0 Å².